The molecular formula is C22H26N4. The summed E-state index contributed by atoms with van der Waals surface area (Å²) in [5.41, 5.74) is 2.35. The van der Waals surface area contributed by atoms with E-state index in [4.69, 9.17) is 4.98 Å². The number of nitrogens with one attached hydrogen (secondary N) is 1. The molecule has 0 aliphatic carbocycles. The van der Waals surface area contributed by atoms with Crippen LogP contribution in [0.5, 0.6) is 0 Å². The third-order valence-corrected chi connectivity index (χ3v) is 5.16. The van der Waals surface area contributed by atoms with Crippen molar-refractivity contribution in [3.8, 4) is 11.3 Å². The number of aromatic nitrogens is 2. The Morgan fingerprint density at radius 1 is 1.04 bits per heavy atom. The lowest BCUT2D eigenvalue weighted by Gasteiger charge is -2.47. The van der Waals surface area contributed by atoms with E-state index in [2.05, 4.69) is 78.4 Å². The molecule has 4 heteroatoms. The van der Waals surface area contributed by atoms with Gasteiger partial charge >= 0.3 is 0 Å². The van der Waals surface area contributed by atoms with E-state index >= 15 is 0 Å². The van der Waals surface area contributed by atoms with Gasteiger partial charge in [0, 0.05) is 42.9 Å². The highest BCUT2D eigenvalue weighted by Gasteiger charge is 2.33. The highest BCUT2D eigenvalue weighted by Crippen LogP contribution is 2.26. The maximum atomic E-state index is 4.71. The van der Waals surface area contributed by atoms with Crippen LogP contribution in [0.4, 0.5) is 5.95 Å². The predicted octanol–water partition coefficient (Wildman–Crippen LogP) is 4.44. The Balaban J connectivity index is 1.43. The van der Waals surface area contributed by atoms with Crippen LogP contribution in [0.25, 0.3) is 22.0 Å². The quantitative estimate of drug-likeness (QED) is 0.758. The zero-order chi connectivity index (χ0) is 18.1. The topological polar surface area (TPSA) is 41.0 Å². The summed E-state index contributed by atoms with van der Waals surface area (Å²) in [5, 5.41) is 5.90. The second-order valence-corrected chi connectivity index (χ2v) is 8.15. The van der Waals surface area contributed by atoms with E-state index in [-0.39, 0.29) is 5.54 Å². The fourth-order valence-electron chi connectivity index (χ4n) is 3.44. The number of rotatable bonds is 4. The van der Waals surface area contributed by atoms with Gasteiger partial charge in [0.05, 0.1) is 5.69 Å². The first-order valence-electron chi connectivity index (χ1n) is 9.30. The van der Waals surface area contributed by atoms with Crippen molar-refractivity contribution in [1.82, 2.24) is 14.9 Å². The van der Waals surface area contributed by atoms with Crippen molar-refractivity contribution >= 4 is 16.7 Å². The molecule has 26 heavy (non-hydrogen) atoms. The number of fused-ring (bicyclic) bond motifs is 1. The highest BCUT2D eigenvalue weighted by molar-refractivity contribution is 5.86. The van der Waals surface area contributed by atoms with E-state index < -0.39 is 0 Å². The van der Waals surface area contributed by atoms with Crippen LogP contribution in [0.3, 0.4) is 0 Å². The summed E-state index contributed by atoms with van der Waals surface area (Å²) in [6.45, 7) is 10.0. The fourth-order valence-corrected chi connectivity index (χ4v) is 3.44. The Morgan fingerprint density at radius 3 is 2.58 bits per heavy atom. The Morgan fingerprint density at radius 2 is 1.81 bits per heavy atom. The molecule has 2 heterocycles. The van der Waals surface area contributed by atoms with E-state index in [1.807, 2.05) is 12.3 Å². The van der Waals surface area contributed by atoms with Gasteiger partial charge in [0.2, 0.25) is 5.95 Å². The molecule has 0 bridgehead atoms. The van der Waals surface area contributed by atoms with Crippen molar-refractivity contribution in [3.05, 3.63) is 54.7 Å². The Labute approximate surface area is 155 Å². The Kier molecular flexibility index (Phi) is 4.37. The molecule has 0 amide bonds. The number of anilines is 1. The summed E-state index contributed by atoms with van der Waals surface area (Å²) in [7, 11) is 0. The van der Waals surface area contributed by atoms with Crippen molar-refractivity contribution in [1.29, 1.82) is 0 Å². The van der Waals surface area contributed by atoms with Crippen LogP contribution in [0, 0.1) is 5.92 Å². The molecular weight excluding hydrogens is 320 g/mol. The lowest BCUT2D eigenvalue weighted by atomic mass is 9.92. The van der Waals surface area contributed by atoms with Gasteiger partial charge in [0.25, 0.3) is 0 Å². The standard InChI is InChI=1S/C22H26N4/c1-22(2,3)26-14-16(15-26)13-24-21-23-11-10-20(25-21)19-9-8-17-6-4-5-7-18(17)12-19/h4-12,16H,13-15H2,1-3H3,(H,23,24,25). The lowest BCUT2D eigenvalue weighted by Crippen LogP contribution is -2.57. The molecule has 1 saturated heterocycles. The van der Waals surface area contributed by atoms with E-state index in [0.717, 1.165) is 30.9 Å². The molecule has 0 saturated carbocycles. The van der Waals surface area contributed by atoms with Crippen molar-refractivity contribution < 1.29 is 0 Å². The van der Waals surface area contributed by atoms with Gasteiger partial charge in [-0.3, -0.25) is 4.90 Å². The van der Waals surface area contributed by atoms with Gasteiger partial charge in [-0.1, -0.05) is 36.4 Å². The average Bonchev–Trinajstić information content (AvgIpc) is 2.59. The first-order valence-corrected chi connectivity index (χ1v) is 9.30. The van der Waals surface area contributed by atoms with Crippen LogP contribution in [0.1, 0.15) is 20.8 Å². The summed E-state index contributed by atoms with van der Waals surface area (Å²) < 4.78 is 0. The maximum absolute atomic E-state index is 4.71. The van der Waals surface area contributed by atoms with Crippen LogP contribution >= 0.6 is 0 Å². The van der Waals surface area contributed by atoms with Gasteiger partial charge in [0.15, 0.2) is 0 Å². The number of likely N-dealkylation sites (tertiary alicyclic amines) is 1. The highest BCUT2D eigenvalue weighted by atomic mass is 15.2. The Hall–Kier alpha value is -2.46. The average molecular weight is 346 g/mol. The molecule has 0 unspecified atom stereocenters. The zero-order valence-electron chi connectivity index (χ0n) is 15.7. The summed E-state index contributed by atoms with van der Waals surface area (Å²) in [4.78, 5) is 11.6. The predicted molar refractivity (Wildman–Crippen MR) is 108 cm³/mol. The first kappa shape index (κ1) is 17.0. The SMILES string of the molecule is CC(C)(C)N1CC(CNc2nccc(-c3ccc4ccccc4c3)n2)C1. The minimum absolute atomic E-state index is 0.267. The third kappa shape index (κ3) is 3.56. The molecule has 134 valence electrons. The number of hydrogen-bond donors (Lipinski definition) is 1. The minimum atomic E-state index is 0.267. The van der Waals surface area contributed by atoms with Gasteiger partial charge in [0.1, 0.15) is 0 Å². The molecule has 1 fully saturated rings. The number of hydrogen-bond acceptors (Lipinski definition) is 4. The smallest absolute Gasteiger partial charge is 0.223 e. The second-order valence-electron chi connectivity index (χ2n) is 8.15. The van der Waals surface area contributed by atoms with Crippen LogP contribution in [-0.4, -0.2) is 40.0 Å². The van der Waals surface area contributed by atoms with Crippen molar-refractivity contribution in [2.24, 2.45) is 5.92 Å². The minimum Gasteiger partial charge on any atom is -0.354 e. The molecule has 0 radical (unpaired) electrons. The molecule has 3 aromatic rings. The van der Waals surface area contributed by atoms with Crippen LogP contribution in [-0.2, 0) is 0 Å². The van der Waals surface area contributed by atoms with E-state index in [1.165, 1.54) is 10.8 Å². The van der Waals surface area contributed by atoms with E-state index in [1.54, 1.807) is 0 Å². The van der Waals surface area contributed by atoms with E-state index in [0.29, 0.717) is 11.9 Å². The molecule has 1 aromatic heterocycles. The zero-order valence-corrected chi connectivity index (χ0v) is 15.7. The maximum Gasteiger partial charge on any atom is 0.223 e. The Bertz CT molecular complexity index is 907. The largest absolute Gasteiger partial charge is 0.354 e. The monoisotopic (exact) mass is 346 g/mol. The van der Waals surface area contributed by atoms with Crippen molar-refractivity contribution in [2.75, 3.05) is 25.0 Å². The van der Waals surface area contributed by atoms with Gasteiger partial charge in [-0.15, -0.1) is 0 Å². The lowest BCUT2D eigenvalue weighted by molar-refractivity contribution is 0.0199. The van der Waals surface area contributed by atoms with Crippen LogP contribution in [0.15, 0.2) is 54.7 Å². The number of nitrogens with zero attached hydrogens (tertiary/aromatic N) is 3. The summed E-state index contributed by atoms with van der Waals surface area (Å²) in [6.07, 6.45) is 1.84. The molecule has 1 aliphatic heterocycles. The van der Waals surface area contributed by atoms with E-state index in [9.17, 15) is 0 Å². The molecule has 4 nitrogen and oxygen atoms in total. The molecule has 2 aromatic carbocycles. The third-order valence-electron chi connectivity index (χ3n) is 5.16. The molecule has 1 N–H and O–H groups in total. The van der Waals surface area contributed by atoms with Gasteiger partial charge in [-0.25, -0.2) is 9.97 Å². The normalized spacial score (nSPS) is 15.8. The molecule has 0 spiro atoms. The van der Waals surface area contributed by atoms with Crippen molar-refractivity contribution in [2.45, 2.75) is 26.3 Å². The van der Waals surface area contributed by atoms with Gasteiger partial charge in [-0.05, 0) is 43.7 Å². The fraction of sp³-hybridized carbons (Fsp3) is 0.364. The second kappa shape index (κ2) is 6.69. The van der Waals surface area contributed by atoms with Crippen molar-refractivity contribution in [3.63, 3.8) is 0 Å². The molecule has 4 rings (SSSR count). The molecule has 0 atom stereocenters. The molecule has 1 aliphatic rings. The van der Waals surface area contributed by atoms with Gasteiger partial charge in [-0.2, -0.15) is 0 Å². The first-order chi connectivity index (χ1) is 12.5. The van der Waals surface area contributed by atoms with Crippen LogP contribution in [0.2, 0.25) is 0 Å². The summed E-state index contributed by atoms with van der Waals surface area (Å²) in [5.74, 6) is 1.38. The number of benzene rings is 2. The van der Waals surface area contributed by atoms with Crippen LogP contribution < -0.4 is 5.32 Å². The summed E-state index contributed by atoms with van der Waals surface area (Å²) in [6, 6.07) is 16.8. The van der Waals surface area contributed by atoms with Gasteiger partial charge < -0.3 is 5.32 Å². The summed E-state index contributed by atoms with van der Waals surface area (Å²) >= 11 is 0.